The van der Waals surface area contributed by atoms with Crippen molar-refractivity contribution >= 4 is 26.8 Å². The highest BCUT2D eigenvalue weighted by atomic mass is 32.2. The molecule has 1 fully saturated rings. The molecule has 2 aromatic rings. The van der Waals surface area contributed by atoms with Crippen LogP contribution in [0.5, 0.6) is 0 Å². The van der Waals surface area contributed by atoms with Crippen molar-refractivity contribution < 1.29 is 13.2 Å². The lowest BCUT2D eigenvalue weighted by atomic mass is 10.0. The minimum Gasteiger partial charge on any atom is -0.351 e. The van der Waals surface area contributed by atoms with Gasteiger partial charge < -0.3 is 14.8 Å². The number of carbonyl (C=O) groups excluding carboxylic acids is 1. The van der Waals surface area contributed by atoms with Gasteiger partial charge in [0, 0.05) is 44.1 Å². The largest absolute Gasteiger partial charge is 0.351 e. The normalized spacial score (nSPS) is 18.0. The molecule has 0 unspecified atom stereocenters. The van der Waals surface area contributed by atoms with Crippen molar-refractivity contribution in [2.75, 3.05) is 39.3 Å². The molecular weight excluding hydrogens is 412 g/mol. The lowest BCUT2D eigenvalue weighted by molar-refractivity contribution is 0.0942. The molecule has 1 aromatic carbocycles. The van der Waals surface area contributed by atoms with Crippen LogP contribution in [0.2, 0.25) is 0 Å². The van der Waals surface area contributed by atoms with Gasteiger partial charge in [0.1, 0.15) is 5.69 Å². The zero-order valence-electron chi connectivity index (χ0n) is 19.2. The van der Waals surface area contributed by atoms with Crippen LogP contribution in [-0.4, -0.2) is 67.4 Å². The summed E-state index contributed by atoms with van der Waals surface area (Å²) in [4.78, 5) is 15.5. The van der Waals surface area contributed by atoms with Gasteiger partial charge in [0.05, 0.1) is 4.90 Å². The van der Waals surface area contributed by atoms with Crippen molar-refractivity contribution in [1.82, 2.24) is 19.1 Å². The van der Waals surface area contributed by atoms with Gasteiger partial charge in [-0.15, -0.1) is 0 Å². The number of amides is 1. The molecule has 1 saturated heterocycles. The number of nitrogens with one attached hydrogen (secondary N) is 1. The summed E-state index contributed by atoms with van der Waals surface area (Å²) in [6.45, 7) is 10.8. The number of likely N-dealkylation sites (tertiary alicyclic amines) is 1. The Hall–Kier alpha value is -1.90. The minimum atomic E-state index is -3.53. The molecule has 0 spiro atoms. The molecule has 0 saturated carbocycles. The minimum absolute atomic E-state index is 0.126. The van der Waals surface area contributed by atoms with Crippen molar-refractivity contribution in [2.45, 2.75) is 44.9 Å². The van der Waals surface area contributed by atoms with Crippen molar-refractivity contribution in [2.24, 2.45) is 13.0 Å². The lowest BCUT2D eigenvalue weighted by Gasteiger charge is -2.30. The van der Waals surface area contributed by atoms with E-state index in [1.165, 1.54) is 17.1 Å². The molecule has 31 heavy (non-hydrogen) atoms. The van der Waals surface area contributed by atoms with Crippen molar-refractivity contribution in [3.63, 3.8) is 0 Å². The fraction of sp³-hybridized carbons (Fsp3) is 0.609. The number of fused-ring (bicyclic) bond motifs is 1. The summed E-state index contributed by atoms with van der Waals surface area (Å²) in [6, 6.07) is 6.84. The highest BCUT2D eigenvalue weighted by Crippen LogP contribution is 2.24. The zero-order valence-corrected chi connectivity index (χ0v) is 20.0. The van der Waals surface area contributed by atoms with Crippen LogP contribution in [0.25, 0.3) is 10.9 Å². The molecule has 1 aromatic heterocycles. The molecule has 8 heteroatoms. The van der Waals surface area contributed by atoms with E-state index in [1.54, 1.807) is 24.3 Å². The Morgan fingerprint density at radius 1 is 1.23 bits per heavy atom. The second-order valence-corrected chi connectivity index (χ2v) is 10.5. The first kappa shape index (κ1) is 23.8. The number of sulfonamides is 1. The molecule has 7 nitrogen and oxygen atoms in total. The van der Waals surface area contributed by atoms with Gasteiger partial charge in [-0.25, -0.2) is 8.42 Å². The van der Waals surface area contributed by atoms with E-state index in [-0.39, 0.29) is 10.8 Å². The summed E-state index contributed by atoms with van der Waals surface area (Å²) in [5.74, 6) is 0.633. The first-order valence-electron chi connectivity index (χ1n) is 11.4. The number of nitrogens with zero attached hydrogens (tertiary/aromatic N) is 3. The molecular formula is C23H36N4O3S. The lowest BCUT2D eigenvalue weighted by Crippen LogP contribution is -2.36. The number of aromatic nitrogens is 1. The summed E-state index contributed by atoms with van der Waals surface area (Å²) in [7, 11) is -1.69. The summed E-state index contributed by atoms with van der Waals surface area (Å²) in [6.07, 6.45) is 3.50. The Balaban J connectivity index is 1.66. The summed E-state index contributed by atoms with van der Waals surface area (Å²) in [5, 5.41) is 3.77. The van der Waals surface area contributed by atoms with Crippen molar-refractivity contribution in [3.8, 4) is 0 Å². The standard InChI is InChI=1S/C23H36N4O3S/c1-5-27(6-2)31(29,30)20-10-11-21-19(15-20)16-22(25(21)4)23(28)24-12-8-14-26-13-7-9-18(3)17-26/h10-11,15-16,18H,5-9,12-14,17H2,1-4H3,(H,24,28)/t18-/m0/s1. The number of aryl methyl sites for hydroxylation is 1. The number of hydrogen-bond donors (Lipinski definition) is 1. The molecule has 1 atom stereocenters. The third-order valence-electron chi connectivity index (χ3n) is 6.27. The van der Waals surface area contributed by atoms with E-state index in [2.05, 4.69) is 17.1 Å². The van der Waals surface area contributed by atoms with Gasteiger partial charge in [-0.3, -0.25) is 4.79 Å². The van der Waals surface area contributed by atoms with Crippen LogP contribution in [0.4, 0.5) is 0 Å². The fourth-order valence-corrected chi connectivity index (χ4v) is 6.00. The maximum absolute atomic E-state index is 12.8. The van der Waals surface area contributed by atoms with Crippen LogP contribution >= 0.6 is 0 Å². The Morgan fingerprint density at radius 2 is 1.97 bits per heavy atom. The van der Waals surface area contributed by atoms with E-state index in [1.807, 2.05) is 25.5 Å². The zero-order chi connectivity index (χ0) is 22.6. The first-order valence-corrected chi connectivity index (χ1v) is 12.8. The molecule has 2 heterocycles. The fourth-order valence-electron chi connectivity index (χ4n) is 4.50. The highest BCUT2D eigenvalue weighted by Gasteiger charge is 2.23. The highest BCUT2D eigenvalue weighted by molar-refractivity contribution is 7.89. The second-order valence-electron chi connectivity index (χ2n) is 8.56. The van der Waals surface area contributed by atoms with Crippen molar-refractivity contribution in [3.05, 3.63) is 30.0 Å². The summed E-state index contributed by atoms with van der Waals surface area (Å²) >= 11 is 0. The monoisotopic (exact) mass is 448 g/mol. The van der Waals surface area contributed by atoms with E-state index in [9.17, 15) is 13.2 Å². The Labute approximate surface area is 186 Å². The van der Waals surface area contributed by atoms with E-state index in [0.717, 1.165) is 42.9 Å². The van der Waals surface area contributed by atoms with Gasteiger partial charge >= 0.3 is 0 Å². The summed E-state index contributed by atoms with van der Waals surface area (Å²) < 4.78 is 28.9. The van der Waals surface area contributed by atoms with E-state index >= 15 is 0 Å². The molecule has 1 amide bonds. The molecule has 172 valence electrons. The van der Waals surface area contributed by atoms with Crippen LogP contribution in [0.3, 0.4) is 0 Å². The third kappa shape index (κ3) is 5.30. The molecule has 0 bridgehead atoms. The van der Waals surface area contributed by atoms with E-state index < -0.39 is 10.0 Å². The smallest absolute Gasteiger partial charge is 0.267 e. The van der Waals surface area contributed by atoms with Crippen molar-refractivity contribution in [1.29, 1.82) is 0 Å². The molecule has 3 rings (SSSR count). The van der Waals surface area contributed by atoms with Gasteiger partial charge in [-0.2, -0.15) is 4.31 Å². The molecule has 1 N–H and O–H groups in total. The molecule has 0 aliphatic carbocycles. The topological polar surface area (TPSA) is 74.7 Å². The van der Waals surface area contributed by atoms with Gasteiger partial charge in [0.15, 0.2) is 0 Å². The van der Waals surface area contributed by atoms with Crippen LogP contribution in [0.15, 0.2) is 29.2 Å². The molecule has 0 radical (unpaired) electrons. The predicted octanol–water partition coefficient (Wildman–Crippen LogP) is 3.06. The van der Waals surface area contributed by atoms with E-state index in [0.29, 0.717) is 25.3 Å². The number of piperidine rings is 1. The Bertz CT molecular complexity index is 1010. The van der Waals surface area contributed by atoms with Gasteiger partial charge in [0.2, 0.25) is 10.0 Å². The van der Waals surface area contributed by atoms with Gasteiger partial charge in [-0.1, -0.05) is 20.8 Å². The number of benzene rings is 1. The van der Waals surface area contributed by atoms with Crippen LogP contribution in [-0.2, 0) is 17.1 Å². The van der Waals surface area contributed by atoms with Crippen LogP contribution < -0.4 is 5.32 Å². The Kier molecular flexibility index (Phi) is 7.78. The molecule has 1 aliphatic rings. The maximum atomic E-state index is 12.8. The van der Waals surface area contributed by atoms with Gasteiger partial charge in [0.25, 0.3) is 5.91 Å². The Morgan fingerprint density at radius 3 is 2.65 bits per heavy atom. The number of carbonyl (C=O) groups is 1. The third-order valence-corrected chi connectivity index (χ3v) is 8.31. The predicted molar refractivity (Wildman–Crippen MR) is 125 cm³/mol. The first-order chi connectivity index (χ1) is 14.8. The number of hydrogen-bond acceptors (Lipinski definition) is 4. The van der Waals surface area contributed by atoms with Crippen LogP contribution in [0.1, 0.15) is 50.5 Å². The number of rotatable bonds is 9. The van der Waals surface area contributed by atoms with Gasteiger partial charge in [-0.05, 0) is 62.5 Å². The van der Waals surface area contributed by atoms with E-state index in [4.69, 9.17) is 0 Å². The average Bonchev–Trinajstić information content (AvgIpc) is 3.08. The summed E-state index contributed by atoms with van der Waals surface area (Å²) in [5.41, 5.74) is 1.38. The van der Waals surface area contributed by atoms with Crippen LogP contribution in [0, 0.1) is 5.92 Å². The second kappa shape index (κ2) is 10.1. The maximum Gasteiger partial charge on any atom is 0.267 e. The quantitative estimate of drug-likeness (QED) is 0.599. The molecule has 1 aliphatic heterocycles. The SMILES string of the molecule is CCN(CC)S(=O)(=O)c1ccc2c(c1)cc(C(=O)NCCCN1CCC[C@H](C)C1)n2C. The average molecular weight is 449 g/mol.